The van der Waals surface area contributed by atoms with Gasteiger partial charge in [0.2, 0.25) is 0 Å². The summed E-state index contributed by atoms with van der Waals surface area (Å²) in [6.45, 7) is 0. The molecule has 0 atom stereocenters. The van der Waals surface area contributed by atoms with Crippen LogP contribution in [0.25, 0.3) is 21.9 Å². The molecule has 3 aromatic rings. The number of nitrogens with two attached hydrogens (primary N) is 1. The largest absolute Gasteiger partial charge is 0.397 e. The molecule has 92 valence electrons. The second kappa shape index (κ2) is 3.99. The molecule has 0 aliphatic rings. The van der Waals surface area contributed by atoms with E-state index in [-0.39, 0.29) is 0 Å². The molecule has 0 radical (unpaired) electrons. The summed E-state index contributed by atoms with van der Waals surface area (Å²) in [5.74, 6) is 1.67. The van der Waals surface area contributed by atoms with Crippen molar-refractivity contribution in [2.24, 2.45) is 0 Å². The zero-order chi connectivity index (χ0) is 12.7. The summed E-state index contributed by atoms with van der Waals surface area (Å²) in [6, 6.07) is 5.83. The van der Waals surface area contributed by atoms with Crippen LogP contribution in [0, 0.1) is 0 Å². The van der Waals surface area contributed by atoms with Gasteiger partial charge in [0.05, 0.1) is 16.1 Å². The van der Waals surface area contributed by atoms with Crippen LogP contribution in [0.4, 0.5) is 11.5 Å². The Morgan fingerprint density at radius 3 is 2.72 bits per heavy atom. The maximum absolute atomic E-state index is 5.89. The fraction of sp³-hybridized carbons (Fsp3) is 0.167. The highest BCUT2D eigenvalue weighted by Crippen LogP contribution is 2.30. The lowest BCUT2D eigenvalue weighted by Crippen LogP contribution is -2.10. The molecule has 0 fully saturated rings. The van der Waals surface area contributed by atoms with Gasteiger partial charge in [0, 0.05) is 14.1 Å². The van der Waals surface area contributed by atoms with Gasteiger partial charge in [0.25, 0.3) is 0 Å². The molecular formula is C12H13N5S. The molecule has 5 nitrogen and oxygen atoms in total. The van der Waals surface area contributed by atoms with Gasteiger partial charge in [-0.3, -0.25) is 0 Å². The van der Waals surface area contributed by atoms with Gasteiger partial charge in [-0.15, -0.1) is 11.3 Å². The quantitative estimate of drug-likeness (QED) is 0.741. The Hall–Kier alpha value is -2.08. The lowest BCUT2D eigenvalue weighted by atomic mass is 10.4. The number of fused-ring (bicyclic) bond motifs is 1. The third-order valence-corrected chi connectivity index (χ3v) is 3.64. The number of aromatic nitrogens is 3. The molecule has 0 spiro atoms. The minimum atomic E-state index is 0.712. The summed E-state index contributed by atoms with van der Waals surface area (Å²) >= 11 is 1.57. The molecule has 0 saturated heterocycles. The van der Waals surface area contributed by atoms with Crippen LogP contribution in [0.2, 0.25) is 0 Å². The van der Waals surface area contributed by atoms with Crippen LogP contribution in [0.1, 0.15) is 0 Å². The van der Waals surface area contributed by atoms with Gasteiger partial charge in [-0.2, -0.15) is 0 Å². The number of pyridine rings is 1. The minimum absolute atomic E-state index is 0.712. The van der Waals surface area contributed by atoms with Crippen molar-refractivity contribution in [3.63, 3.8) is 0 Å². The van der Waals surface area contributed by atoms with Gasteiger partial charge in [0.1, 0.15) is 5.82 Å². The first-order valence-corrected chi connectivity index (χ1v) is 6.40. The first-order valence-electron chi connectivity index (χ1n) is 5.52. The topological polar surface area (TPSA) is 70.8 Å². The minimum Gasteiger partial charge on any atom is -0.397 e. The molecule has 3 N–H and O–H groups in total. The van der Waals surface area contributed by atoms with Crippen molar-refractivity contribution in [1.82, 2.24) is 15.0 Å². The number of thiophene rings is 1. The van der Waals surface area contributed by atoms with E-state index in [9.17, 15) is 0 Å². The average molecular weight is 259 g/mol. The molecule has 18 heavy (non-hydrogen) atoms. The second-order valence-corrected chi connectivity index (χ2v) is 5.14. The van der Waals surface area contributed by atoms with Gasteiger partial charge in [-0.1, -0.05) is 0 Å². The van der Waals surface area contributed by atoms with Crippen molar-refractivity contribution in [2.45, 2.75) is 0 Å². The number of aromatic amines is 1. The van der Waals surface area contributed by atoms with Gasteiger partial charge in [-0.25, -0.2) is 9.97 Å². The molecule has 6 heteroatoms. The molecule has 3 heterocycles. The lowest BCUT2D eigenvalue weighted by molar-refractivity contribution is 1.08. The predicted octanol–water partition coefficient (Wildman–Crippen LogP) is 2.33. The van der Waals surface area contributed by atoms with E-state index >= 15 is 0 Å². The number of imidazole rings is 1. The number of nitrogens with zero attached hydrogens (tertiary/aromatic N) is 3. The SMILES string of the molecule is CN(C)c1ccc2[nH]c(-c3sccc3N)nc2n1. The van der Waals surface area contributed by atoms with Crippen molar-refractivity contribution >= 4 is 34.0 Å². The first kappa shape index (κ1) is 11.0. The van der Waals surface area contributed by atoms with Crippen molar-refractivity contribution in [2.75, 3.05) is 24.7 Å². The van der Waals surface area contributed by atoms with E-state index in [4.69, 9.17) is 5.73 Å². The van der Waals surface area contributed by atoms with Crippen molar-refractivity contribution in [1.29, 1.82) is 0 Å². The number of anilines is 2. The summed E-state index contributed by atoms with van der Waals surface area (Å²) in [6.07, 6.45) is 0. The Kier molecular flexibility index (Phi) is 2.45. The standard InChI is InChI=1S/C12H13N5S/c1-17(2)9-4-3-8-11(15-9)16-12(14-8)10-7(13)5-6-18-10/h3-6H,13H2,1-2H3,(H,14,15,16). The summed E-state index contributed by atoms with van der Waals surface area (Å²) in [5, 5.41) is 1.95. The fourth-order valence-electron chi connectivity index (χ4n) is 1.75. The zero-order valence-electron chi connectivity index (χ0n) is 10.1. The summed E-state index contributed by atoms with van der Waals surface area (Å²) in [5.41, 5.74) is 8.27. The lowest BCUT2D eigenvalue weighted by Gasteiger charge is -2.09. The Labute approximate surface area is 108 Å². The molecule has 0 amide bonds. The number of hydrogen-bond donors (Lipinski definition) is 2. The maximum Gasteiger partial charge on any atom is 0.180 e. The summed E-state index contributed by atoms with van der Waals surface area (Å²) in [4.78, 5) is 15.1. The highest BCUT2D eigenvalue weighted by Gasteiger charge is 2.11. The second-order valence-electron chi connectivity index (χ2n) is 4.23. The van der Waals surface area contributed by atoms with E-state index < -0.39 is 0 Å². The highest BCUT2D eigenvalue weighted by atomic mass is 32.1. The first-order chi connectivity index (χ1) is 8.65. The van der Waals surface area contributed by atoms with Gasteiger partial charge < -0.3 is 15.6 Å². The molecule has 3 rings (SSSR count). The Morgan fingerprint density at radius 1 is 1.22 bits per heavy atom. The zero-order valence-corrected chi connectivity index (χ0v) is 11.0. The van der Waals surface area contributed by atoms with Gasteiger partial charge >= 0.3 is 0 Å². The predicted molar refractivity (Wildman–Crippen MR) is 75.9 cm³/mol. The van der Waals surface area contributed by atoms with Crippen LogP contribution in [0.5, 0.6) is 0 Å². The number of hydrogen-bond acceptors (Lipinski definition) is 5. The fourth-order valence-corrected chi connectivity index (χ4v) is 2.51. The van der Waals surface area contributed by atoms with E-state index in [0.717, 1.165) is 27.7 Å². The smallest absolute Gasteiger partial charge is 0.180 e. The monoisotopic (exact) mass is 259 g/mol. The van der Waals surface area contributed by atoms with E-state index in [1.54, 1.807) is 11.3 Å². The van der Waals surface area contributed by atoms with Crippen LogP contribution in [0.15, 0.2) is 23.6 Å². The molecule has 0 aliphatic heterocycles. The normalized spacial score (nSPS) is 11.0. The van der Waals surface area contributed by atoms with Crippen LogP contribution in [-0.4, -0.2) is 29.0 Å². The van der Waals surface area contributed by atoms with Crippen molar-refractivity contribution < 1.29 is 0 Å². The van der Waals surface area contributed by atoms with Crippen molar-refractivity contribution in [3.8, 4) is 10.7 Å². The summed E-state index contributed by atoms with van der Waals surface area (Å²) < 4.78 is 0. The number of H-pyrrole nitrogens is 1. The molecule has 0 aromatic carbocycles. The van der Waals surface area contributed by atoms with Gasteiger partial charge in [0.15, 0.2) is 11.5 Å². The molecule has 0 unspecified atom stereocenters. The van der Waals surface area contributed by atoms with Crippen LogP contribution < -0.4 is 10.6 Å². The molecular weight excluding hydrogens is 246 g/mol. The third-order valence-electron chi connectivity index (χ3n) is 2.70. The maximum atomic E-state index is 5.89. The average Bonchev–Trinajstić information content (AvgIpc) is 2.92. The Morgan fingerprint density at radius 2 is 2.06 bits per heavy atom. The molecule has 0 bridgehead atoms. The Balaban J connectivity index is 2.14. The van der Waals surface area contributed by atoms with Crippen molar-refractivity contribution in [3.05, 3.63) is 23.6 Å². The highest BCUT2D eigenvalue weighted by molar-refractivity contribution is 7.14. The van der Waals surface area contributed by atoms with E-state index in [1.165, 1.54) is 0 Å². The number of nitrogen functional groups attached to an aromatic ring is 1. The number of nitrogens with one attached hydrogen (secondary N) is 1. The van der Waals surface area contributed by atoms with Crippen LogP contribution in [0.3, 0.4) is 0 Å². The third kappa shape index (κ3) is 1.70. The molecule has 0 aliphatic carbocycles. The van der Waals surface area contributed by atoms with E-state index in [1.807, 2.05) is 42.6 Å². The van der Waals surface area contributed by atoms with E-state index in [2.05, 4.69) is 15.0 Å². The summed E-state index contributed by atoms with van der Waals surface area (Å²) in [7, 11) is 3.91. The van der Waals surface area contributed by atoms with Gasteiger partial charge in [-0.05, 0) is 23.6 Å². The van der Waals surface area contributed by atoms with Crippen LogP contribution >= 0.6 is 11.3 Å². The number of rotatable bonds is 2. The molecule has 0 saturated carbocycles. The Bertz CT molecular complexity index is 697. The molecule has 3 aromatic heterocycles. The van der Waals surface area contributed by atoms with E-state index in [0.29, 0.717) is 5.65 Å². The van der Waals surface area contributed by atoms with Crippen LogP contribution in [-0.2, 0) is 0 Å².